The molecule has 0 aliphatic rings. The predicted molar refractivity (Wildman–Crippen MR) is 83.5 cm³/mol. The largest absolute Gasteiger partial charge is 0.359 e. The lowest BCUT2D eigenvalue weighted by Crippen LogP contribution is -1.98. The van der Waals surface area contributed by atoms with E-state index in [1.54, 1.807) is 18.2 Å². The Morgan fingerprint density at radius 3 is 2.96 bits per heavy atom. The average Bonchev–Trinajstić information content (AvgIpc) is 3.16. The third-order valence-electron chi connectivity index (χ3n) is 3.51. The van der Waals surface area contributed by atoms with Gasteiger partial charge in [-0.2, -0.15) is 0 Å². The summed E-state index contributed by atoms with van der Waals surface area (Å²) in [6, 6.07) is 9.85. The van der Waals surface area contributed by atoms with Crippen molar-refractivity contribution in [2.45, 2.75) is 6.54 Å². The van der Waals surface area contributed by atoms with E-state index in [1.165, 1.54) is 18.5 Å². The van der Waals surface area contributed by atoms with Crippen molar-refractivity contribution in [1.29, 1.82) is 0 Å². The van der Waals surface area contributed by atoms with Crippen LogP contribution in [0.1, 0.15) is 5.76 Å². The van der Waals surface area contributed by atoms with Gasteiger partial charge in [-0.05, 0) is 18.2 Å². The molecule has 0 atom stereocenters. The van der Waals surface area contributed by atoms with Gasteiger partial charge < -0.3 is 9.09 Å². The van der Waals surface area contributed by atoms with Gasteiger partial charge in [0, 0.05) is 17.8 Å². The summed E-state index contributed by atoms with van der Waals surface area (Å²) in [4.78, 5) is 8.18. The lowest BCUT2D eigenvalue weighted by molar-refractivity contribution is 0.379. The van der Waals surface area contributed by atoms with E-state index in [0.717, 1.165) is 5.39 Å². The lowest BCUT2D eigenvalue weighted by Gasteiger charge is -2.00. The van der Waals surface area contributed by atoms with Gasteiger partial charge in [-0.1, -0.05) is 28.9 Å². The molecule has 0 saturated heterocycles. The monoisotopic (exact) mass is 328 g/mol. The Hall–Kier alpha value is -2.73. The van der Waals surface area contributed by atoms with Gasteiger partial charge in [0.05, 0.1) is 11.9 Å². The topological polar surface area (TPSA) is 56.7 Å². The molecule has 0 aliphatic carbocycles. The molecule has 5 nitrogen and oxygen atoms in total. The standard InChI is InChI=1S/C16H10ClFN4O/c17-15-13-4-5-22(16(13)20-9-19-15)8-12-7-14(21-23-12)10-2-1-3-11(18)6-10/h1-7,9H,8H2. The van der Waals surface area contributed by atoms with Crippen LogP contribution in [0, 0.1) is 5.82 Å². The Labute approximate surface area is 135 Å². The van der Waals surface area contributed by atoms with Crippen molar-refractivity contribution in [3.05, 3.63) is 65.7 Å². The minimum Gasteiger partial charge on any atom is -0.359 e. The first-order chi connectivity index (χ1) is 11.2. The Bertz CT molecular complexity index is 995. The van der Waals surface area contributed by atoms with E-state index in [-0.39, 0.29) is 5.82 Å². The van der Waals surface area contributed by atoms with E-state index in [2.05, 4.69) is 15.1 Å². The lowest BCUT2D eigenvalue weighted by atomic mass is 10.1. The van der Waals surface area contributed by atoms with Crippen molar-refractivity contribution < 1.29 is 8.91 Å². The first-order valence-electron chi connectivity index (χ1n) is 6.87. The first-order valence-corrected chi connectivity index (χ1v) is 7.25. The van der Waals surface area contributed by atoms with E-state index in [1.807, 2.05) is 16.8 Å². The zero-order chi connectivity index (χ0) is 15.8. The minimum absolute atomic E-state index is 0.310. The van der Waals surface area contributed by atoms with Crippen molar-refractivity contribution in [1.82, 2.24) is 19.7 Å². The Balaban J connectivity index is 1.66. The van der Waals surface area contributed by atoms with E-state index >= 15 is 0 Å². The molecular formula is C16H10ClFN4O. The zero-order valence-electron chi connectivity index (χ0n) is 11.8. The van der Waals surface area contributed by atoms with Crippen LogP contribution in [0.15, 0.2) is 53.4 Å². The van der Waals surface area contributed by atoms with Crippen LogP contribution in [0.4, 0.5) is 4.39 Å². The van der Waals surface area contributed by atoms with E-state index in [4.69, 9.17) is 16.1 Å². The molecule has 0 unspecified atom stereocenters. The fraction of sp³-hybridized carbons (Fsp3) is 0.0625. The minimum atomic E-state index is -0.310. The smallest absolute Gasteiger partial charge is 0.157 e. The number of benzene rings is 1. The molecule has 0 radical (unpaired) electrons. The van der Waals surface area contributed by atoms with Crippen LogP contribution in [0.25, 0.3) is 22.3 Å². The summed E-state index contributed by atoms with van der Waals surface area (Å²) in [6.45, 7) is 0.444. The van der Waals surface area contributed by atoms with Gasteiger partial charge in [0.25, 0.3) is 0 Å². The van der Waals surface area contributed by atoms with Crippen LogP contribution in [-0.2, 0) is 6.54 Å². The molecule has 7 heteroatoms. The summed E-state index contributed by atoms with van der Waals surface area (Å²) in [5.74, 6) is 0.325. The van der Waals surface area contributed by atoms with Crippen molar-refractivity contribution >= 4 is 22.6 Å². The van der Waals surface area contributed by atoms with Crippen LogP contribution in [-0.4, -0.2) is 19.7 Å². The van der Waals surface area contributed by atoms with Crippen molar-refractivity contribution in [2.75, 3.05) is 0 Å². The third kappa shape index (κ3) is 2.57. The number of aromatic nitrogens is 4. The van der Waals surface area contributed by atoms with E-state index in [0.29, 0.717) is 34.4 Å². The van der Waals surface area contributed by atoms with E-state index < -0.39 is 0 Å². The number of rotatable bonds is 3. The second-order valence-electron chi connectivity index (χ2n) is 5.03. The summed E-state index contributed by atoms with van der Waals surface area (Å²) in [5, 5.41) is 5.18. The highest BCUT2D eigenvalue weighted by molar-refractivity contribution is 6.33. The molecule has 0 fully saturated rings. The van der Waals surface area contributed by atoms with E-state index in [9.17, 15) is 4.39 Å². The molecule has 0 amide bonds. The van der Waals surface area contributed by atoms with Crippen LogP contribution in [0.5, 0.6) is 0 Å². The van der Waals surface area contributed by atoms with Gasteiger partial charge in [-0.3, -0.25) is 0 Å². The molecule has 23 heavy (non-hydrogen) atoms. The number of fused-ring (bicyclic) bond motifs is 1. The molecule has 4 rings (SSSR count). The number of hydrogen-bond acceptors (Lipinski definition) is 4. The molecule has 0 saturated carbocycles. The molecule has 4 aromatic rings. The molecule has 114 valence electrons. The van der Waals surface area contributed by atoms with Gasteiger partial charge in [-0.25, -0.2) is 14.4 Å². The second-order valence-corrected chi connectivity index (χ2v) is 5.39. The molecule has 0 spiro atoms. The number of nitrogens with zero attached hydrogens (tertiary/aromatic N) is 4. The molecule has 1 aromatic carbocycles. The highest BCUT2D eigenvalue weighted by Gasteiger charge is 2.11. The average molecular weight is 329 g/mol. The van der Waals surface area contributed by atoms with Crippen LogP contribution in [0.2, 0.25) is 5.15 Å². The zero-order valence-corrected chi connectivity index (χ0v) is 12.5. The van der Waals surface area contributed by atoms with Gasteiger partial charge >= 0.3 is 0 Å². The summed E-state index contributed by atoms with van der Waals surface area (Å²) < 4.78 is 20.5. The Morgan fingerprint density at radius 2 is 2.09 bits per heavy atom. The molecule has 3 heterocycles. The fourth-order valence-electron chi connectivity index (χ4n) is 2.44. The number of halogens is 2. The summed E-state index contributed by atoms with van der Waals surface area (Å²) in [7, 11) is 0. The second kappa shape index (κ2) is 5.48. The number of hydrogen-bond donors (Lipinski definition) is 0. The van der Waals surface area contributed by atoms with Crippen LogP contribution in [0.3, 0.4) is 0 Å². The van der Waals surface area contributed by atoms with Gasteiger partial charge in [0.15, 0.2) is 5.76 Å². The van der Waals surface area contributed by atoms with Crippen LogP contribution >= 0.6 is 11.6 Å². The third-order valence-corrected chi connectivity index (χ3v) is 3.81. The SMILES string of the molecule is Fc1cccc(-c2cc(Cn3ccc4c(Cl)ncnc43)on2)c1. The highest BCUT2D eigenvalue weighted by Crippen LogP contribution is 2.23. The highest BCUT2D eigenvalue weighted by atomic mass is 35.5. The summed E-state index contributed by atoms with van der Waals surface area (Å²) in [5.41, 5.74) is 1.97. The summed E-state index contributed by atoms with van der Waals surface area (Å²) in [6.07, 6.45) is 3.27. The first kappa shape index (κ1) is 13.9. The van der Waals surface area contributed by atoms with Crippen molar-refractivity contribution in [3.63, 3.8) is 0 Å². The van der Waals surface area contributed by atoms with Crippen molar-refractivity contribution in [2.24, 2.45) is 0 Å². The molecule has 0 aliphatic heterocycles. The van der Waals surface area contributed by atoms with Gasteiger partial charge in [-0.15, -0.1) is 0 Å². The normalized spacial score (nSPS) is 11.2. The quantitative estimate of drug-likeness (QED) is 0.535. The maximum Gasteiger partial charge on any atom is 0.157 e. The fourth-order valence-corrected chi connectivity index (χ4v) is 2.63. The Kier molecular flexibility index (Phi) is 3.31. The van der Waals surface area contributed by atoms with Gasteiger partial charge in [0.1, 0.15) is 28.6 Å². The maximum atomic E-state index is 13.3. The van der Waals surface area contributed by atoms with Gasteiger partial charge in [0.2, 0.25) is 0 Å². The predicted octanol–water partition coefficient (Wildman–Crippen LogP) is 3.93. The maximum absolute atomic E-state index is 13.3. The molecule has 0 bridgehead atoms. The molecule has 0 N–H and O–H groups in total. The summed E-state index contributed by atoms with van der Waals surface area (Å²) >= 11 is 6.04. The van der Waals surface area contributed by atoms with Crippen LogP contribution < -0.4 is 0 Å². The Morgan fingerprint density at radius 1 is 1.17 bits per heavy atom. The molecule has 3 aromatic heterocycles. The van der Waals surface area contributed by atoms with Crippen molar-refractivity contribution in [3.8, 4) is 11.3 Å². The molecular weight excluding hydrogens is 319 g/mol.